The third kappa shape index (κ3) is 4.35. The van der Waals surface area contributed by atoms with E-state index in [0.29, 0.717) is 40.2 Å². The fourth-order valence-corrected chi connectivity index (χ4v) is 2.69. The van der Waals surface area contributed by atoms with Crippen molar-refractivity contribution >= 4 is 22.7 Å². The Morgan fingerprint density at radius 2 is 1.81 bits per heavy atom. The van der Waals surface area contributed by atoms with Gasteiger partial charge in [0, 0.05) is 18.1 Å². The van der Waals surface area contributed by atoms with Crippen LogP contribution in [0, 0.1) is 6.92 Å². The molecule has 3 rings (SSSR count). The van der Waals surface area contributed by atoms with Gasteiger partial charge in [-0.2, -0.15) is 0 Å². The standard InChI is InChI=1S/C21H20O6/c1-14-20(21(23)25-11-10-24-2)17-12-16(8-9-19(17)27-14)26-13-18(22)15-6-4-3-5-7-15/h3-9,12H,10-11,13H2,1-2H3. The molecule has 0 amide bonds. The van der Waals surface area contributed by atoms with Crippen LogP contribution < -0.4 is 4.74 Å². The summed E-state index contributed by atoms with van der Waals surface area (Å²) in [5, 5.41) is 0.583. The second-order valence-electron chi connectivity index (χ2n) is 5.90. The number of aryl methyl sites for hydroxylation is 1. The quantitative estimate of drug-likeness (QED) is 0.342. The molecule has 0 aliphatic carbocycles. The van der Waals surface area contributed by atoms with Crippen molar-refractivity contribution in [2.24, 2.45) is 0 Å². The molecule has 1 heterocycles. The van der Waals surface area contributed by atoms with Gasteiger partial charge in [-0.25, -0.2) is 4.79 Å². The highest BCUT2D eigenvalue weighted by Gasteiger charge is 2.20. The van der Waals surface area contributed by atoms with E-state index in [1.807, 2.05) is 6.07 Å². The van der Waals surface area contributed by atoms with Crippen LogP contribution in [0.2, 0.25) is 0 Å². The van der Waals surface area contributed by atoms with E-state index in [2.05, 4.69) is 0 Å². The molecule has 0 fully saturated rings. The Balaban J connectivity index is 1.77. The van der Waals surface area contributed by atoms with Crippen molar-refractivity contribution in [3.8, 4) is 5.75 Å². The van der Waals surface area contributed by atoms with E-state index in [9.17, 15) is 9.59 Å². The van der Waals surface area contributed by atoms with E-state index >= 15 is 0 Å². The fraction of sp³-hybridized carbons (Fsp3) is 0.238. The van der Waals surface area contributed by atoms with Gasteiger partial charge in [0.05, 0.1) is 6.61 Å². The summed E-state index contributed by atoms with van der Waals surface area (Å²) >= 11 is 0. The maximum absolute atomic E-state index is 12.3. The second kappa shape index (κ2) is 8.51. The summed E-state index contributed by atoms with van der Waals surface area (Å²) in [5.41, 5.74) is 1.48. The SMILES string of the molecule is COCCOC(=O)c1c(C)oc2ccc(OCC(=O)c3ccccc3)cc12. The largest absolute Gasteiger partial charge is 0.485 e. The molecule has 6 heteroatoms. The first-order valence-corrected chi connectivity index (χ1v) is 8.50. The molecule has 0 unspecified atom stereocenters. The highest BCUT2D eigenvalue weighted by atomic mass is 16.6. The molecule has 0 saturated heterocycles. The van der Waals surface area contributed by atoms with E-state index in [1.165, 1.54) is 7.11 Å². The normalized spacial score (nSPS) is 10.7. The Morgan fingerprint density at radius 1 is 1.04 bits per heavy atom. The predicted molar refractivity (Wildman–Crippen MR) is 99.4 cm³/mol. The summed E-state index contributed by atoms with van der Waals surface area (Å²) in [6, 6.07) is 14.0. The minimum absolute atomic E-state index is 0.0972. The number of hydrogen-bond acceptors (Lipinski definition) is 6. The number of ketones is 1. The maximum atomic E-state index is 12.3. The van der Waals surface area contributed by atoms with E-state index < -0.39 is 5.97 Å². The summed E-state index contributed by atoms with van der Waals surface area (Å²) in [7, 11) is 1.53. The lowest BCUT2D eigenvalue weighted by atomic mass is 10.1. The lowest BCUT2D eigenvalue weighted by molar-refractivity contribution is 0.0388. The molecule has 27 heavy (non-hydrogen) atoms. The zero-order valence-electron chi connectivity index (χ0n) is 15.2. The molecule has 0 bridgehead atoms. The number of hydrogen-bond donors (Lipinski definition) is 0. The van der Waals surface area contributed by atoms with Crippen LogP contribution in [0.5, 0.6) is 5.75 Å². The predicted octanol–water partition coefficient (Wildman–Crippen LogP) is 3.81. The number of esters is 1. The first kappa shape index (κ1) is 18.7. The van der Waals surface area contributed by atoms with Crippen LogP contribution in [0.15, 0.2) is 52.9 Å². The smallest absolute Gasteiger partial charge is 0.342 e. The zero-order chi connectivity index (χ0) is 19.2. The number of carbonyl (C=O) groups is 2. The van der Waals surface area contributed by atoms with Crippen molar-refractivity contribution < 1.29 is 28.2 Å². The molecular weight excluding hydrogens is 348 g/mol. The number of rotatable bonds is 8. The van der Waals surface area contributed by atoms with Gasteiger partial charge in [0.2, 0.25) is 0 Å². The van der Waals surface area contributed by atoms with Crippen molar-refractivity contribution in [3.63, 3.8) is 0 Å². The monoisotopic (exact) mass is 368 g/mol. The molecule has 0 radical (unpaired) electrons. The molecule has 140 valence electrons. The summed E-state index contributed by atoms with van der Waals surface area (Å²) in [4.78, 5) is 24.5. The molecule has 0 atom stereocenters. The molecule has 0 aliphatic heterocycles. The Morgan fingerprint density at radius 3 is 2.56 bits per heavy atom. The van der Waals surface area contributed by atoms with Gasteiger partial charge in [0.25, 0.3) is 0 Å². The Hall–Kier alpha value is -3.12. The van der Waals surface area contributed by atoms with Crippen molar-refractivity contribution in [3.05, 3.63) is 65.4 Å². The van der Waals surface area contributed by atoms with Crippen LogP contribution in [0.1, 0.15) is 26.5 Å². The molecular formula is C21H20O6. The highest BCUT2D eigenvalue weighted by Crippen LogP contribution is 2.29. The molecule has 0 saturated carbocycles. The van der Waals surface area contributed by atoms with Gasteiger partial charge in [0.15, 0.2) is 12.4 Å². The van der Waals surface area contributed by atoms with Crippen LogP contribution in [-0.4, -0.2) is 38.7 Å². The van der Waals surface area contributed by atoms with Crippen LogP contribution in [0.3, 0.4) is 0 Å². The summed E-state index contributed by atoms with van der Waals surface area (Å²) in [6.45, 7) is 2.08. The van der Waals surface area contributed by atoms with Gasteiger partial charge < -0.3 is 18.6 Å². The van der Waals surface area contributed by atoms with Crippen molar-refractivity contribution in [2.75, 3.05) is 26.9 Å². The third-order valence-corrected chi connectivity index (χ3v) is 4.03. The lowest BCUT2D eigenvalue weighted by Crippen LogP contribution is -2.11. The Bertz CT molecular complexity index is 942. The van der Waals surface area contributed by atoms with Crippen LogP contribution in [0.4, 0.5) is 0 Å². The van der Waals surface area contributed by atoms with Gasteiger partial charge >= 0.3 is 5.97 Å². The molecule has 0 aliphatic rings. The van der Waals surface area contributed by atoms with E-state index in [0.717, 1.165) is 0 Å². The number of fused-ring (bicyclic) bond motifs is 1. The van der Waals surface area contributed by atoms with Gasteiger partial charge in [-0.15, -0.1) is 0 Å². The lowest BCUT2D eigenvalue weighted by Gasteiger charge is -2.06. The molecule has 1 aromatic heterocycles. The number of Topliss-reactive ketones (excluding diaryl/α,β-unsaturated/α-hetero) is 1. The van der Waals surface area contributed by atoms with Gasteiger partial charge in [0.1, 0.15) is 29.3 Å². The first-order chi connectivity index (χ1) is 13.1. The summed E-state index contributed by atoms with van der Waals surface area (Å²) in [5.74, 6) is 0.322. The average Bonchev–Trinajstić information content (AvgIpc) is 3.02. The summed E-state index contributed by atoms with van der Waals surface area (Å²) < 4.78 is 21.3. The number of benzene rings is 2. The molecule has 0 N–H and O–H groups in total. The van der Waals surface area contributed by atoms with Gasteiger partial charge in [-0.05, 0) is 25.1 Å². The maximum Gasteiger partial charge on any atom is 0.342 e. The Labute approximate surface area is 156 Å². The highest BCUT2D eigenvalue weighted by molar-refractivity contribution is 6.05. The number of furan rings is 1. The fourth-order valence-electron chi connectivity index (χ4n) is 2.69. The van der Waals surface area contributed by atoms with E-state index in [4.69, 9.17) is 18.6 Å². The second-order valence-corrected chi connectivity index (χ2v) is 5.90. The minimum Gasteiger partial charge on any atom is -0.485 e. The summed E-state index contributed by atoms with van der Waals surface area (Å²) in [6.07, 6.45) is 0. The van der Waals surface area contributed by atoms with E-state index in [1.54, 1.807) is 49.4 Å². The van der Waals surface area contributed by atoms with Crippen molar-refractivity contribution in [2.45, 2.75) is 6.92 Å². The molecule has 6 nitrogen and oxygen atoms in total. The minimum atomic E-state index is -0.485. The van der Waals surface area contributed by atoms with Crippen LogP contribution >= 0.6 is 0 Å². The molecule has 0 spiro atoms. The molecule has 3 aromatic rings. The number of carbonyl (C=O) groups excluding carboxylic acids is 2. The zero-order valence-corrected chi connectivity index (χ0v) is 15.2. The number of methoxy groups -OCH3 is 1. The van der Waals surface area contributed by atoms with Gasteiger partial charge in [-0.3, -0.25) is 4.79 Å². The Kier molecular flexibility index (Phi) is 5.88. The van der Waals surface area contributed by atoms with E-state index in [-0.39, 0.29) is 19.0 Å². The first-order valence-electron chi connectivity index (χ1n) is 8.50. The van der Waals surface area contributed by atoms with Crippen molar-refractivity contribution in [1.29, 1.82) is 0 Å². The molecule has 2 aromatic carbocycles. The van der Waals surface area contributed by atoms with Crippen LogP contribution in [-0.2, 0) is 9.47 Å². The van der Waals surface area contributed by atoms with Crippen LogP contribution in [0.25, 0.3) is 11.0 Å². The average molecular weight is 368 g/mol. The van der Waals surface area contributed by atoms with Crippen molar-refractivity contribution in [1.82, 2.24) is 0 Å². The van der Waals surface area contributed by atoms with Gasteiger partial charge in [-0.1, -0.05) is 30.3 Å². The number of ether oxygens (including phenoxy) is 3. The topological polar surface area (TPSA) is 75.0 Å². The third-order valence-electron chi connectivity index (χ3n) is 4.03.